The summed E-state index contributed by atoms with van der Waals surface area (Å²) in [5.41, 5.74) is 9.34. The van der Waals surface area contributed by atoms with E-state index >= 15 is 0 Å². The third kappa shape index (κ3) is 2.60. The molecule has 0 fully saturated rings. The molecule has 0 saturated heterocycles. The van der Waals surface area contributed by atoms with Gasteiger partial charge in [-0.2, -0.15) is 0 Å². The van der Waals surface area contributed by atoms with Crippen LogP contribution in [0.5, 0.6) is 0 Å². The third-order valence-corrected chi connectivity index (χ3v) is 4.21. The van der Waals surface area contributed by atoms with Crippen molar-refractivity contribution in [2.75, 3.05) is 0 Å². The van der Waals surface area contributed by atoms with Gasteiger partial charge in [0.25, 0.3) is 5.56 Å². The Kier molecular flexibility index (Phi) is 3.80. The summed E-state index contributed by atoms with van der Waals surface area (Å²) in [7, 11) is 0. The molecule has 0 aliphatic heterocycles. The molecule has 0 atom stereocenters. The van der Waals surface area contributed by atoms with E-state index in [1.165, 1.54) is 0 Å². The standard InChI is InChI=1S/C15H14ClN3OS/c16-11-5-4-9(10(6-11)7-17)8-19-13-3-1-2-12(13)14(20)18-15(19)21/h1,3-6H,2,7-8,17H2,(H,18,20,21). The predicted molar refractivity (Wildman–Crippen MR) is 87.1 cm³/mol. The molecule has 1 heterocycles. The Morgan fingerprint density at radius 1 is 1.38 bits per heavy atom. The SMILES string of the molecule is NCc1cc(Cl)ccc1Cn1c2c(c(=O)[nH]c1=S)CC=C2. The van der Waals surface area contributed by atoms with Crippen molar-refractivity contribution in [3.63, 3.8) is 0 Å². The number of nitrogens with two attached hydrogens (primary N) is 1. The number of aromatic nitrogens is 2. The first-order valence-electron chi connectivity index (χ1n) is 6.60. The highest BCUT2D eigenvalue weighted by molar-refractivity contribution is 7.71. The van der Waals surface area contributed by atoms with Gasteiger partial charge in [0.2, 0.25) is 0 Å². The van der Waals surface area contributed by atoms with Crippen LogP contribution in [0.15, 0.2) is 29.1 Å². The monoisotopic (exact) mass is 319 g/mol. The lowest BCUT2D eigenvalue weighted by Gasteiger charge is -2.14. The molecule has 6 heteroatoms. The van der Waals surface area contributed by atoms with Gasteiger partial charge in [0.15, 0.2) is 4.77 Å². The molecule has 108 valence electrons. The van der Waals surface area contributed by atoms with Crippen LogP contribution in [-0.2, 0) is 19.5 Å². The first kappa shape index (κ1) is 14.3. The van der Waals surface area contributed by atoms with Crippen LogP contribution < -0.4 is 11.3 Å². The number of hydrogen-bond donors (Lipinski definition) is 2. The fourth-order valence-corrected chi connectivity index (χ4v) is 3.02. The molecule has 0 bridgehead atoms. The molecule has 3 rings (SSSR count). The highest BCUT2D eigenvalue weighted by Gasteiger charge is 2.15. The molecule has 0 unspecified atom stereocenters. The van der Waals surface area contributed by atoms with Crippen molar-refractivity contribution in [2.45, 2.75) is 19.5 Å². The number of aromatic amines is 1. The van der Waals surface area contributed by atoms with E-state index in [9.17, 15) is 4.79 Å². The average Bonchev–Trinajstić information content (AvgIpc) is 2.94. The maximum Gasteiger partial charge on any atom is 0.255 e. The number of fused-ring (bicyclic) bond motifs is 1. The van der Waals surface area contributed by atoms with Gasteiger partial charge >= 0.3 is 0 Å². The normalized spacial score (nSPS) is 12.7. The van der Waals surface area contributed by atoms with Crippen LogP contribution in [0.3, 0.4) is 0 Å². The summed E-state index contributed by atoms with van der Waals surface area (Å²) in [6.07, 6.45) is 4.56. The molecule has 1 aliphatic carbocycles. The van der Waals surface area contributed by atoms with Crippen LogP contribution in [0, 0.1) is 4.77 Å². The van der Waals surface area contributed by atoms with Gasteiger partial charge in [0.1, 0.15) is 0 Å². The van der Waals surface area contributed by atoms with E-state index in [1.54, 1.807) is 0 Å². The van der Waals surface area contributed by atoms with E-state index in [1.807, 2.05) is 34.9 Å². The largest absolute Gasteiger partial charge is 0.326 e. The van der Waals surface area contributed by atoms with Gasteiger partial charge in [-0.15, -0.1) is 0 Å². The van der Waals surface area contributed by atoms with Crippen molar-refractivity contribution in [1.82, 2.24) is 9.55 Å². The second kappa shape index (κ2) is 5.60. The Labute approximate surface area is 131 Å². The van der Waals surface area contributed by atoms with Crippen LogP contribution in [0.25, 0.3) is 6.08 Å². The zero-order valence-corrected chi connectivity index (χ0v) is 12.8. The van der Waals surface area contributed by atoms with Crippen molar-refractivity contribution >= 4 is 29.9 Å². The number of halogens is 1. The van der Waals surface area contributed by atoms with Crippen molar-refractivity contribution in [3.05, 3.63) is 66.8 Å². The van der Waals surface area contributed by atoms with E-state index < -0.39 is 0 Å². The van der Waals surface area contributed by atoms with Gasteiger partial charge in [-0.05, 0) is 48.0 Å². The van der Waals surface area contributed by atoms with Gasteiger partial charge in [-0.3, -0.25) is 9.78 Å². The Morgan fingerprint density at radius 2 is 2.19 bits per heavy atom. The zero-order valence-electron chi connectivity index (χ0n) is 11.2. The second-order valence-corrected chi connectivity index (χ2v) is 5.76. The summed E-state index contributed by atoms with van der Waals surface area (Å²) in [6, 6.07) is 5.64. The van der Waals surface area contributed by atoms with Crippen LogP contribution in [0.4, 0.5) is 0 Å². The van der Waals surface area contributed by atoms with E-state index in [0.717, 1.165) is 22.4 Å². The summed E-state index contributed by atoms with van der Waals surface area (Å²) in [5, 5.41) is 0.661. The first-order chi connectivity index (χ1) is 10.1. The number of H-pyrrole nitrogens is 1. The third-order valence-electron chi connectivity index (χ3n) is 3.65. The minimum absolute atomic E-state index is 0.105. The average molecular weight is 320 g/mol. The summed E-state index contributed by atoms with van der Waals surface area (Å²) >= 11 is 11.3. The van der Waals surface area contributed by atoms with Crippen molar-refractivity contribution in [2.24, 2.45) is 5.73 Å². The lowest BCUT2D eigenvalue weighted by molar-refractivity contribution is 0.722. The highest BCUT2D eigenvalue weighted by Crippen LogP contribution is 2.20. The second-order valence-electron chi connectivity index (χ2n) is 4.93. The molecule has 4 nitrogen and oxygen atoms in total. The molecule has 1 aliphatic rings. The summed E-state index contributed by atoms with van der Waals surface area (Å²) in [6.45, 7) is 0.969. The summed E-state index contributed by atoms with van der Waals surface area (Å²) in [5.74, 6) is 0. The van der Waals surface area contributed by atoms with Gasteiger partial charge in [0.05, 0.1) is 12.2 Å². The van der Waals surface area contributed by atoms with E-state index in [4.69, 9.17) is 29.6 Å². The molecule has 1 aromatic carbocycles. The fraction of sp³-hybridized carbons (Fsp3) is 0.200. The molecule has 1 aromatic heterocycles. The molecular weight excluding hydrogens is 306 g/mol. The molecular formula is C15H14ClN3OS. The van der Waals surface area contributed by atoms with Crippen LogP contribution >= 0.6 is 23.8 Å². The topological polar surface area (TPSA) is 63.8 Å². The molecule has 21 heavy (non-hydrogen) atoms. The van der Waals surface area contributed by atoms with Gasteiger partial charge in [-0.25, -0.2) is 0 Å². The van der Waals surface area contributed by atoms with E-state index in [0.29, 0.717) is 29.3 Å². The number of rotatable bonds is 3. The Hall–Kier alpha value is -1.69. The molecule has 0 radical (unpaired) electrons. The fourth-order valence-electron chi connectivity index (χ4n) is 2.57. The number of allylic oxidation sites excluding steroid dienone is 1. The van der Waals surface area contributed by atoms with Gasteiger partial charge in [0, 0.05) is 17.1 Å². The lowest BCUT2D eigenvalue weighted by atomic mass is 10.1. The number of benzene rings is 1. The smallest absolute Gasteiger partial charge is 0.255 e. The van der Waals surface area contributed by atoms with Gasteiger partial charge < -0.3 is 10.3 Å². The Balaban J connectivity index is 2.12. The minimum Gasteiger partial charge on any atom is -0.326 e. The highest BCUT2D eigenvalue weighted by atomic mass is 35.5. The quantitative estimate of drug-likeness (QED) is 0.855. The Bertz CT molecular complexity index is 851. The first-order valence-corrected chi connectivity index (χ1v) is 7.38. The summed E-state index contributed by atoms with van der Waals surface area (Å²) < 4.78 is 2.35. The van der Waals surface area contributed by atoms with Crippen LogP contribution in [0.1, 0.15) is 22.4 Å². The molecule has 2 aromatic rings. The van der Waals surface area contributed by atoms with Gasteiger partial charge in [-0.1, -0.05) is 23.7 Å². The Morgan fingerprint density at radius 3 is 2.95 bits per heavy atom. The molecule has 0 spiro atoms. The minimum atomic E-state index is -0.105. The van der Waals surface area contributed by atoms with Crippen molar-refractivity contribution in [1.29, 1.82) is 0 Å². The maximum absolute atomic E-state index is 11.9. The van der Waals surface area contributed by atoms with E-state index in [-0.39, 0.29) is 5.56 Å². The molecule has 0 amide bonds. The van der Waals surface area contributed by atoms with Crippen LogP contribution in [0.2, 0.25) is 5.02 Å². The summed E-state index contributed by atoms with van der Waals surface area (Å²) in [4.78, 5) is 14.6. The van der Waals surface area contributed by atoms with Crippen LogP contribution in [-0.4, -0.2) is 9.55 Å². The van der Waals surface area contributed by atoms with Crippen molar-refractivity contribution in [3.8, 4) is 0 Å². The lowest BCUT2D eigenvalue weighted by Crippen LogP contribution is -2.20. The predicted octanol–water partition coefficient (Wildman–Crippen LogP) is 2.64. The van der Waals surface area contributed by atoms with Crippen molar-refractivity contribution < 1.29 is 0 Å². The maximum atomic E-state index is 11.9. The number of nitrogens with one attached hydrogen (secondary N) is 1. The molecule has 0 saturated carbocycles. The number of nitrogens with zero attached hydrogens (tertiary/aromatic N) is 1. The van der Waals surface area contributed by atoms with E-state index in [2.05, 4.69) is 4.98 Å². The number of hydrogen-bond acceptors (Lipinski definition) is 3. The zero-order chi connectivity index (χ0) is 15.0. The molecule has 3 N–H and O–H groups in total.